The maximum Gasteiger partial charge on any atom is 0.335 e. The number of anilines is 4. The highest BCUT2D eigenvalue weighted by atomic mass is 32.1. The maximum atomic E-state index is 12.0. The summed E-state index contributed by atoms with van der Waals surface area (Å²) in [6.45, 7) is 15.4. The molecule has 8 heteroatoms. The molecule has 8 aromatic rings. The van der Waals surface area contributed by atoms with Crippen LogP contribution in [0.1, 0.15) is 111 Å². The number of carboxylic acids is 1. The standard InChI is InChI=1S/C64H57N5O2S/c1-7-9-40-67-55-38-34-49(62(70)71)43-54(55)63(3,4)57(67)22-17-23-58-64(5,6)59-53-37-28-45(42-48(53)33-39-56(59)68(58)41-10-8-2)25-30-47-32-31-46(60-61(47)66-72-65-60)29-24-44-26-35-52(36-27-44)69(50-18-13-11-14-19-50)51-20-15-12-16-21-51/h11-23,26-28,31-39,42-43H,7-10,40-41H2,1-6H3/p+1. The number of hydrogen-bond donors (Lipinski definition) is 1. The molecule has 10 rings (SSSR count). The minimum atomic E-state index is -0.900. The van der Waals surface area contributed by atoms with Crippen LogP contribution in [-0.2, 0) is 10.8 Å². The molecular formula is C64H58N5O2S+. The zero-order valence-electron chi connectivity index (χ0n) is 41.8. The van der Waals surface area contributed by atoms with Gasteiger partial charge in [0.1, 0.15) is 17.6 Å². The van der Waals surface area contributed by atoms with Crippen molar-refractivity contribution in [2.24, 2.45) is 0 Å². The monoisotopic (exact) mass is 960 g/mol. The van der Waals surface area contributed by atoms with Crippen molar-refractivity contribution in [3.05, 3.63) is 208 Å². The Kier molecular flexibility index (Phi) is 13.2. The molecule has 2 aliphatic heterocycles. The van der Waals surface area contributed by atoms with E-state index < -0.39 is 5.97 Å². The van der Waals surface area contributed by atoms with Crippen LogP contribution in [-0.4, -0.2) is 43.2 Å². The Balaban J connectivity index is 0.906. The second kappa shape index (κ2) is 20.0. The molecule has 0 saturated heterocycles. The van der Waals surface area contributed by atoms with Gasteiger partial charge < -0.3 is 14.9 Å². The number of aromatic nitrogens is 2. The van der Waals surface area contributed by atoms with E-state index in [1.54, 1.807) is 6.07 Å². The minimum Gasteiger partial charge on any atom is -0.478 e. The average molecular weight is 961 g/mol. The summed E-state index contributed by atoms with van der Waals surface area (Å²) in [4.78, 5) is 16.6. The highest BCUT2D eigenvalue weighted by Crippen LogP contribution is 2.49. The van der Waals surface area contributed by atoms with E-state index in [0.717, 1.165) is 106 Å². The van der Waals surface area contributed by atoms with Crippen LogP contribution < -0.4 is 9.80 Å². The normalized spacial score (nSPS) is 14.9. The van der Waals surface area contributed by atoms with Crippen LogP contribution in [0, 0.1) is 23.7 Å². The Hall–Kier alpha value is -8.04. The number of carbonyl (C=O) groups is 1. The summed E-state index contributed by atoms with van der Waals surface area (Å²) >= 11 is 1.18. The van der Waals surface area contributed by atoms with Gasteiger partial charge in [-0.05, 0) is 140 Å². The molecule has 356 valence electrons. The Morgan fingerprint density at radius 3 is 1.96 bits per heavy atom. The van der Waals surface area contributed by atoms with E-state index in [-0.39, 0.29) is 10.8 Å². The molecule has 0 spiro atoms. The Bertz CT molecular complexity index is 3560. The highest BCUT2D eigenvalue weighted by Gasteiger charge is 2.46. The minimum absolute atomic E-state index is 0.277. The van der Waals surface area contributed by atoms with Crippen molar-refractivity contribution >= 4 is 73.7 Å². The lowest BCUT2D eigenvalue weighted by molar-refractivity contribution is -0.438. The van der Waals surface area contributed by atoms with E-state index in [2.05, 4.69) is 210 Å². The van der Waals surface area contributed by atoms with Gasteiger partial charge in [-0.2, -0.15) is 13.3 Å². The van der Waals surface area contributed by atoms with Gasteiger partial charge in [-0.1, -0.05) is 113 Å². The van der Waals surface area contributed by atoms with Crippen molar-refractivity contribution in [2.75, 3.05) is 22.9 Å². The molecule has 2 aliphatic rings. The topological polar surface area (TPSA) is 72.6 Å². The van der Waals surface area contributed by atoms with Crippen LogP contribution in [0.2, 0.25) is 0 Å². The molecule has 0 atom stereocenters. The zero-order chi connectivity index (χ0) is 50.0. The highest BCUT2D eigenvalue weighted by molar-refractivity contribution is 7.00. The molecule has 0 fully saturated rings. The van der Waals surface area contributed by atoms with Crippen LogP contribution in [0.5, 0.6) is 0 Å². The molecule has 1 N–H and O–H groups in total. The van der Waals surface area contributed by atoms with Gasteiger partial charge in [0, 0.05) is 75.7 Å². The summed E-state index contributed by atoms with van der Waals surface area (Å²) in [7, 11) is 0. The first-order valence-corrected chi connectivity index (χ1v) is 25.8. The molecular weight excluding hydrogens is 903 g/mol. The number of para-hydroxylation sites is 2. The molecule has 0 amide bonds. The predicted octanol–water partition coefficient (Wildman–Crippen LogP) is 15.0. The fourth-order valence-electron chi connectivity index (χ4n) is 10.5. The van der Waals surface area contributed by atoms with Gasteiger partial charge >= 0.3 is 5.97 Å². The fraction of sp³-hybridized carbons (Fsp3) is 0.219. The van der Waals surface area contributed by atoms with Gasteiger partial charge in [0.25, 0.3) is 0 Å². The quantitative estimate of drug-likeness (QED) is 0.0971. The number of allylic oxidation sites excluding steroid dienone is 4. The molecule has 7 nitrogen and oxygen atoms in total. The molecule has 1 aromatic heterocycles. The van der Waals surface area contributed by atoms with E-state index in [0.29, 0.717) is 5.56 Å². The second-order valence-electron chi connectivity index (χ2n) is 19.7. The first kappa shape index (κ1) is 47.6. The lowest BCUT2D eigenvalue weighted by Crippen LogP contribution is -2.28. The van der Waals surface area contributed by atoms with E-state index in [9.17, 15) is 9.90 Å². The summed E-state index contributed by atoms with van der Waals surface area (Å²) in [5.74, 6) is 12.7. The Morgan fingerprint density at radius 2 is 1.32 bits per heavy atom. The van der Waals surface area contributed by atoms with Gasteiger partial charge in [-0.15, -0.1) is 0 Å². The van der Waals surface area contributed by atoms with Crippen molar-refractivity contribution in [1.29, 1.82) is 0 Å². The molecule has 0 unspecified atom stereocenters. The lowest BCUT2D eigenvalue weighted by Gasteiger charge is -2.27. The van der Waals surface area contributed by atoms with Crippen molar-refractivity contribution < 1.29 is 14.5 Å². The molecule has 0 saturated carbocycles. The van der Waals surface area contributed by atoms with Gasteiger partial charge in [0.15, 0.2) is 5.71 Å². The lowest BCUT2D eigenvalue weighted by atomic mass is 9.78. The molecule has 0 radical (unpaired) electrons. The number of benzene rings is 7. The number of rotatable bonds is 12. The maximum absolute atomic E-state index is 12.0. The van der Waals surface area contributed by atoms with Crippen molar-refractivity contribution in [3.63, 3.8) is 0 Å². The van der Waals surface area contributed by atoms with E-state index in [1.807, 2.05) is 36.4 Å². The summed E-state index contributed by atoms with van der Waals surface area (Å²) in [6.07, 6.45) is 11.1. The first-order chi connectivity index (χ1) is 35.0. The largest absolute Gasteiger partial charge is 0.478 e. The second-order valence-corrected chi connectivity index (χ2v) is 20.2. The smallest absolute Gasteiger partial charge is 0.335 e. The summed E-state index contributed by atoms with van der Waals surface area (Å²) in [5.41, 5.74) is 15.1. The predicted molar refractivity (Wildman–Crippen MR) is 298 cm³/mol. The van der Waals surface area contributed by atoms with Gasteiger partial charge in [0.2, 0.25) is 5.69 Å². The van der Waals surface area contributed by atoms with E-state index >= 15 is 0 Å². The molecule has 0 bridgehead atoms. The van der Waals surface area contributed by atoms with Crippen molar-refractivity contribution in [1.82, 2.24) is 8.75 Å². The van der Waals surface area contributed by atoms with Crippen LogP contribution in [0.4, 0.5) is 28.4 Å². The van der Waals surface area contributed by atoms with E-state index in [4.69, 9.17) is 0 Å². The van der Waals surface area contributed by atoms with Crippen LogP contribution in [0.15, 0.2) is 170 Å². The van der Waals surface area contributed by atoms with Crippen LogP contribution in [0.3, 0.4) is 0 Å². The molecule has 72 heavy (non-hydrogen) atoms. The molecule has 7 aromatic carbocycles. The van der Waals surface area contributed by atoms with E-state index in [1.165, 1.54) is 39.8 Å². The zero-order valence-corrected chi connectivity index (χ0v) is 42.6. The molecule has 0 aliphatic carbocycles. The number of nitrogens with zero attached hydrogens (tertiary/aromatic N) is 5. The van der Waals surface area contributed by atoms with Gasteiger partial charge in [0.05, 0.1) is 33.8 Å². The summed E-state index contributed by atoms with van der Waals surface area (Å²) < 4.78 is 11.9. The van der Waals surface area contributed by atoms with Gasteiger partial charge in [-0.25, -0.2) is 4.79 Å². The average Bonchev–Trinajstić information content (AvgIpc) is 4.04. The number of hydrogen-bond acceptors (Lipinski definition) is 6. The SMILES string of the molecule is CCCCN1C(=CC=CC2=[N+](CCCC)c3ccc4cc(C#Cc5ccc(C#Cc6ccc(N(c7ccccc7)c7ccccc7)cc6)c6nsnc56)ccc4c3C2(C)C)C(C)(C)c2cc(C(=O)O)ccc21. The van der Waals surface area contributed by atoms with Crippen LogP contribution in [0.25, 0.3) is 21.8 Å². The fourth-order valence-corrected chi connectivity index (χ4v) is 11.0. The Morgan fingerprint density at radius 1 is 0.694 bits per heavy atom. The number of fused-ring (bicyclic) bond motifs is 5. The third kappa shape index (κ3) is 9.00. The summed E-state index contributed by atoms with van der Waals surface area (Å²) in [6, 6.07) is 49.8. The van der Waals surface area contributed by atoms with Gasteiger partial charge in [-0.3, -0.25) is 0 Å². The number of carboxylic acid groups (broad SMARTS) is 1. The van der Waals surface area contributed by atoms with Crippen molar-refractivity contribution in [2.45, 2.75) is 78.1 Å². The number of unbranched alkanes of at least 4 members (excludes halogenated alkanes) is 2. The Labute approximate surface area is 427 Å². The third-order valence-corrected chi connectivity index (χ3v) is 14.7. The van der Waals surface area contributed by atoms with Crippen LogP contribution >= 0.6 is 11.7 Å². The first-order valence-electron chi connectivity index (χ1n) is 25.0. The number of aromatic carboxylic acids is 1. The summed E-state index contributed by atoms with van der Waals surface area (Å²) in [5, 5.41) is 12.2. The molecule has 3 heterocycles. The third-order valence-electron chi connectivity index (χ3n) is 14.2. The van der Waals surface area contributed by atoms with Crippen molar-refractivity contribution in [3.8, 4) is 23.7 Å².